The van der Waals surface area contributed by atoms with Crippen LogP contribution in [0.4, 0.5) is 0 Å². The zero-order valence-electron chi connectivity index (χ0n) is 11.9. The molecular weight excluding hydrogens is 359 g/mol. The molecule has 7 heteroatoms. The molecule has 3 N–H and O–H groups in total. The number of nitrogens with one attached hydrogen (secondary N) is 1. The Hall–Kier alpha value is -0.830. The third-order valence-corrected chi connectivity index (χ3v) is 2.73. The maximum atomic E-state index is 5.74. The molecule has 1 heterocycles. The van der Waals surface area contributed by atoms with Gasteiger partial charge >= 0.3 is 0 Å². The number of guanidine groups is 1. The number of aliphatic imine (C=N–C) groups is 1. The molecule has 0 spiro atoms. The van der Waals surface area contributed by atoms with E-state index in [9.17, 15) is 0 Å². The summed E-state index contributed by atoms with van der Waals surface area (Å²) in [6.45, 7) is 7.80. The highest BCUT2D eigenvalue weighted by atomic mass is 127. The van der Waals surface area contributed by atoms with E-state index in [-0.39, 0.29) is 29.9 Å². The largest absolute Gasteiger partial charge is 0.383 e. The van der Waals surface area contributed by atoms with Crippen LogP contribution in [0.1, 0.15) is 29.9 Å². The first kappa shape index (κ1) is 18.2. The van der Waals surface area contributed by atoms with Crippen molar-refractivity contribution in [2.24, 2.45) is 10.7 Å². The molecule has 0 radical (unpaired) electrons. The molecule has 19 heavy (non-hydrogen) atoms. The van der Waals surface area contributed by atoms with Crippen molar-refractivity contribution < 1.29 is 9.26 Å². The summed E-state index contributed by atoms with van der Waals surface area (Å²) < 4.78 is 10.1. The van der Waals surface area contributed by atoms with Gasteiger partial charge in [-0.1, -0.05) is 12.1 Å². The molecule has 0 fully saturated rings. The molecule has 6 nitrogen and oxygen atoms in total. The molecule has 110 valence electrons. The van der Waals surface area contributed by atoms with Gasteiger partial charge in [0.15, 0.2) is 5.96 Å². The Morgan fingerprint density at radius 3 is 2.74 bits per heavy atom. The van der Waals surface area contributed by atoms with Gasteiger partial charge in [0.05, 0.1) is 12.3 Å². The SMILES string of the molecule is COCCNC(N)=NCC(C)c1c(C)noc1C.I. The van der Waals surface area contributed by atoms with Crippen LogP contribution in [-0.4, -0.2) is 37.9 Å². The molecular formula is C12H23IN4O2. The quantitative estimate of drug-likeness (QED) is 0.338. The van der Waals surface area contributed by atoms with E-state index in [1.54, 1.807) is 7.11 Å². The summed E-state index contributed by atoms with van der Waals surface area (Å²) in [6.07, 6.45) is 0. The lowest BCUT2D eigenvalue weighted by Crippen LogP contribution is -2.34. The van der Waals surface area contributed by atoms with Gasteiger partial charge in [-0.05, 0) is 13.8 Å². The first-order valence-electron chi connectivity index (χ1n) is 6.01. The Morgan fingerprint density at radius 1 is 1.53 bits per heavy atom. The number of aromatic nitrogens is 1. The van der Waals surface area contributed by atoms with Crippen LogP contribution >= 0.6 is 24.0 Å². The van der Waals surface area contributed by atoms with Gasteiger partial charge in [0.1, 0.15) is 5.76 Å². The summed E-state index contributed by atoms with van der Waals surface area (Å²) >= 11 is 0. The Morgan fingerprint density at radius 2 is 2.21 bits per heavy atom. The van der Waals surface area contributed by atoms with Crippen LogP contribution in [0.3, 0.4) is 0 Å². The number of halogens is 1. The molecule has 0 aliphatic rings. The topological polar surface area (TPSA) is 85.7 Å². The molecule has 1 aromatic heterocycles. The average Bonchev–Trinajstić information content (AvgIpc) is 2.66. The van der Waals surface area contributed by atoms with Crippen molar-refractivity contribution in [2.45, 2.75) is 26.7 Å². The lowest BCUT2D eigenvalue weighted by atomic mass is 10.00. The van der Waals surface area contributed by atoms with Crippen molar-refractivity contribution in [2.75, 3.05) is 26.8 Å². The summed E-state index contributed by atoms with van der Waals surface area (Å²) in [4.78, 5) is 4.29. The van der Waals surface area contributed by atoms with Crippen molar-refractivity contribution in [3.63, 3.8) is 0 Å². The first-order valence-corrected chi connectivity index (χ1v) is 6.01. The molecule has 0 amide bonds. The van der Waals surface area contributed by atoms with Gasteiger partial charge in [0.25, 0.3) is 0 Å². The fourth-order valence-corrected chi connectivity index (χ4v) is 1.86. The first-order chi connectivity index (χ1) is 8.56. The highest BCUT2D eigenvalue weighted by Gasteiger charge is 2.15. The summed E-state index contributed by atoms with van der Waals surface area (Å²) in [5.74, 6) is 1.52. The van der Waals surface area contributed by atoms with Gasteiger partial charge in [-0.15, -0.1) is 24.0 Å². The van der Waals surface area contributed by atoms with E-state index in [0.717, 1.165) is 17.0 Å². The predicted molar refractivity (Wildman–Crippen MR) is 86.2 cm³/mol. The highest BCUT2D eigenvalue weighted by Crippen LogP contribution is 2.22. The summed E-state index contributed by atoms with van der Waals surface area (Å²) in [5, 5.41) is 6.92. The van der Waals surface area contributed by atoms with Gasteiger partial charge in [0, 0.05) is 31.7 Å². The van der Waals surface area contributed by atoms with Gasteiger partial charge in [-0.3, -0.25) is 4.99 Å². The molecule has 1 rings (SSSR count). The van der Waals surface area contributed by atoms with Crippen LogP contribution in [0.15, 0.2) is 9.52 Å². The molecule has 0 bridgehead atoms. The van der Waals surface area contributed by atoms with E-state index in [1.165, 1.54) is 0 Å². The fourth-order valence-electron chi connectivity index (χ4n) is 1.86. The summed E-state index contributed by atoms with van der Waals surface area (Å²) in [7, 11) is 1.65. The predicted octanol–water partition coefficient (Wildman–Crippen LogP) is 1.56. The second-order valence-electron chi connectivity index (χ2n) is 4.28. The maximum absolute atomic E-state index is 5.74. The Kier molecular flexibility index (Phi) is 8.73. The van der Waals surface area contributed by atoms with Gasteiger partial charge < -0.3 is 20.3 Å². The average molecular weight is 382 g/mol. The van der Waals surface area contributed by atoms with Crippen molar-refractivity contribution >= 4 is 29.9 Å². The van der Waals surface area contributed by atoms with E-state index in [0.29, 0.717) is 25.7 Å². The van der Waals surface area contributed by atoms with E-state index < -0.39 is 0 Å². The van der Waals surface area contributed by atoms with E-state index in [4.69, 9.17) is 15.0 Å². The number of nitrogens with zero attached hydrogens (tertiary/aromatic N) is 2. The summed E-state index contributed by atoms with van der Waals surface area (Å²) in [5.41, 5.74) is 7.77. The van der Waals surface area contributed by atoms with Crippen molar-refractivity contribution in [3.05, 3.63) is 17.0 Å². The summed E-state index contributed by atoms with van der Waals surface area (Å²) in [6, 6.07) is 0. The van der Waals surface area contributed by atoms with Crippen LogP contribution in [0.25, 0.3) is 0 Å². The normalized spacial score (nSPS) is 12.9. The molecule has 0 saturated carbocycles. The Bertz CT molecular complexity index is 387. The minimum absolute atomic E-state index is 0. The molecule has 1 unspecified atom stereocenters. The molecule has 0 aliphatic carbocycles. The van der Waals surface area contributed by atoms with Crippen molar-refractivity contribution in [1.82, 2.24) is 10.5 Å². The smallest absolute Gasteiger partial charge is 0.188 e. The number of aryl methyl sites for hydroxylation is 2. The molecule has 1 aromatic rings. The zero-order valence-corrected chi connectivity index (χ0v) is 14.2. The van der Waals surface area contributed by atoms with Gasteiger partial charge in [-0.25, -0.2) is 0 Å². The van der Waals surface area contributed by atoms with Crippen LogP contribution in [0, 0.1) is 13.8 Å². The van der Waals surface area contributed by atoms with E-state index in [1.807, 2.05) is 13.8 Å². The van der Waals surface area contributed by atoms with Gasteiger partial charge in [0.2, 0.25) is 0 Å². The second kappa shape index (κ2) is 9.13. The minimum Gasteiger partial charge on any atom is -0.383 e. The number of methoxy groups -OCH3 is 1. The third kappa shape index (κ3) is 5.77. The number of ether oxygens (including phenoxy) is 1. The second-order valence-corrected chi connectivity index (χ2v) is 4.28. The van der Waals surface area contributed by atoms with E-state index in [2.05, 4.69) is 22.4 Å². The highest BCUT2D eigenvalue weighted by molar-refractivity contribution is 14.0. The fraction of sp³-hybridized carbons (Fsp3) is 0.667. The van der Waals surface area contributed by atoms with Crippen LogP contribution in [-0.2, 0) is 4.74 Å². The standard InChI is InChI=1S/C12H22N4O2.HI/c1-8(11-9(2)16-18-10(11)3)7-15-12(13)14-5-6-17-4;/h8H,5-7H2,1-4H3,(H3,13,14,15);1H. The van der Waals surface area contributed by atoms with Crippen LogP contribution in [0.2, 0.25) is 0 Å². The zero-order chi connectivity index (χ0) is 13.5. The monoisotopic (exact) mass is 382 g/mol. The van der Waals surface area contributed by atoms with Crippen molar-refractivity contribution in [1.29, 1.82) is 0 Å². The van der Waals surface area contributed by atoms with Crippen LogP contribution in [0.5, 0.6) is 0 Å². The Balaban J connectivity index is 0.00000324. The molecule has 0 saturated heterocycles. The van der Waals surface area contributed by atoms with Gasteiger partial charge in [-0.2, -0.15) is 0 Å². The minimum atomic E-state index is 0. The molecule has 1 atom stereocenters. The number of hydrogen-bond acceptors (Lipinski definition) is 4. The molecule has 0 aliphatic heterocycles. The number of hydrogen-bond donors (Lipinski definition) is 2. The molecule has 0 aromatic carbocycles. The van der Waals surface area contributed by atoms with E-state index >= 15 is 0 Å². The third-order valence-electron chi connectivity index (χ3n) is 2.73. The number of rotatable bonds is 6. The Labute approximate surface area is 131 Å². The lowest BCUT2D eigenvalue weighted by molar-refractivity contribution is 0.204. The lowest BCUT2D eigenvalue weighted by Gasteiger charge is -2.09. The van der Waals surface area contributed by atoms with Crippen molar-refractivity contribution in [3.8, 4) is 0 Å². The maximum Gasteiger partial charge on any atom is 0.188 e. The van der Waals surface area contributed by atoms with Crippen LogP contribution < -0.4 is 11.1 Å². The number of nitrogens with two attached hydrogens (primary N) is 1.